The Morgan fingerprint density at radius 1 is 1.10 bits per heavy atom. The number of benzene rings is 2. The Morgan fingerprint density at radius 3 is 2.48 bits per heavy atom. The van der Waals surface area contributed by atoms with Gasteiger partial charge in [-0.15, -0.1) is 0 Å². The molecule has 0 aromatic heterocycles. The first-order chi connectivity index (χ1) is 9.81. The Morgan fingerprint density at radius 2 is 1.81 bits per heavy atom. The Kier molecular flexibility index (Phi) is 4.83. The lowest BCUT2D eigenvalue weighted by molar-refractivity contribution is 0.543. The molecule has 0 amide bonds. The molecule has 21 heavy (non-hydrogen) atoms. The molecule has 0 aliphatic rings. The van der Waals surface area contributed by atoms with Crippen molar-refractivity contribution in [1.29, 1.82) is 0 Å². The van der Waals surface area contributed by atoms with Crippen LogP contribution in [0.3, 0.4) is 0 Å². The summed E-state index contributed by atoms with van der Waals surface area (Å²) < 4.78 is 52.5. The molecule has 0 bridgehead atoms. The lowest BCUT2D eigenvalue weighted by Crippen LogP contribution is -2.24. The largest absolute Gasteiger partial charge is 0.243 e. The quantitative estimate of drug-likeness (QED) is 0.911. The Bertz CT molecular complexity index is 782. The Labute approximate surface area is 130 Å². The molecule has 0 radical (unpaired) electrons. The highest BCUT2D eigenvalue weighted by Gasteiger charge is 2.19. The molecule has 0 saturated heterocycles. The normalized spacial score (nSPS) is 11.6. The zero-order valence-corrected chi connectivity index (χ0v) is 12.7. The van der Waals surface area contributed by atoms with Gasteiger partial charge in [-0.05, 0) is 23.8 Å². The van der Waals surface area contributed by atoms with Crippen LogP contribution in [-0.4, -0.2) is 8.42 Å². The highest BCUT2D eigenvalue weighted by Crippen LogP contribution is 2.25. The molecule has 0 aliphatic carbocycles. The lowest BCUT2D eigenvalue weighted by atomic mass is 10.2. The molecule has 0 fully saturated rings. The number of hydrogen-bond donors (Lipinski definition) is 1. The van der Waals surface area contributed by atoms with Gasteiger partial charge in [-0.2, -0.15) is 0 Å². The van der Waals surface area contributed by atoms with Crippen LogP contribution in [0.1, 0.15) is 5.56 Å². The van der Waals surface area contributed by atoms with Gasteiger partial charge >= 0.3 is 0 Å². The van der Waals surface area contributed by atoms with Crippen LogP contribution in [0.2, 0.25) is 10.0 Å². The van der Waals surface area contributed by atoms with Crippen LogP contribution in [0.5, 0.6) is 0 Å². The second-order valence-corrected chi connectivity index (χ2v) is 6.63. The monoisotopic (exact) mass is 351 g/mol. The third kappa shape index (κ3) is 3.71. The molecule has 0 heterocycles. The first kappa shape index (κ1) is 16.2. The van der Waals surface area contributed by atoms with E-state index in [1.807, 2.05) is 0 Å². The van der Waals surface area contributed by atoms with Crippen LogP contribution in [0.25, 0.3) is 0 Å². The second kappa shape index (κ2) is 6.27. The van der Waals surface area contributed by atoms with Crippen molar-refractivity contribution in [2.45, 2.75) is 11.4 Å². The summed E-state index contributed by atoms with van der Waals surface area (Å²) in [6, 6.07) is 6.97. The summed E-state index contributed by atoms with van der Waals surface area (Å²) in [6.07, 6.45) is 0. The minimum atomic E-state index is -4.13. The fraction of sp³-hybridized carbons (Fsp3) is 0.0769. The van der Waals surface area contributed by atoms with E-state index in [-0.39, 0.29) is 16.6 Å². The van der Waals surface area contributed by atoms with Crippen molar-refractivity contribution in [3.8, 4) is 0 Å². The van der Waals surface area contributed by atoms with Crippen molar-refractivity contribution < 1.29 is 17.2 Å². The van der Waals surface area contributed by atoms with E-state index in [0.29, 0.717) is 11.6 Å². The predicted molar refractivity (Wildman–Crippen MR) is 76.8 cm³/mol. The number of halogens is 4. The highest BCUT2D eigenvalue weighted by atomic mass is 35.5. The molecule has 0 atom stereocenters. The van der Waals surface area contributed by atoms with Crippen LogP contribution < -0.4 is 4.72 Å². The average Bonchev–Trinajstić information content (AvgIpc) is 2.40. The molecule has 2 aromatic rings. The molecule has 2 aromatic carbocycles. The molecule has 1 N–H and O–H groups in total. The van der Waals surface area contributed by atoms with Crippen molar-refractivity contribution in [3.05, 3.63) is 63.6 Å². The van der Waals surface area contributed by atoms with Crippen LogP contribution in [0.15, 0.2) is 41.3 Å². The average molecular weight is 352 g/mol. The number of rotatable bonds is 4. The molecule has 2 rings (SSSR count). The van der Waals surface area contributed by atoms with Crippen molar-refractivity contribution in [3.63, 3.8) is 0 Å². The topological polar surface area (TPSA) is 46.2 Å². The van der Waals surface area contributed by atoms with Crippen molar-refractivity contribution in [2.75, 3.05) is 0 Å². The van der Waals surface area contributed by atoms with Crippen LogP contribution in [0, 0.1) is 11.6 Å². The van der Waals surface area contributed by atoms with Crippen molar-refractivity contribution >= 4 is 33.2 Å². The summed E-state index contributed by atoms with van der Waals surface area (Å²) in [5, 5.41) is 0.489. The van der Waals surface area contributed by atoms with Gasteiger partial charge in [0.25, 0.3) is 0 Å². The van der Waals surface area contributed by atoms with Gasteiger partial charge in [-0.3, -0.25) is 0 Å². The summed E-state index contributed by atoms with van der Waals surface area (Å²) in [7, 11) is -4.13. The lowest BCUT2D eigenvalue weighted by Gasteiger charge is -2.09. The van der Waals surface area contributed by atoms with E-state index in [4.69, 9.17) is 23.2 Å². The third-order valence-corrected chi connectivity index (χ3v) is 4.96. The van der Waals surface area contributed by atoms with E-state index in [9.17, 15) is 17.2 Å². The van der Waals surface area contributed by atoms with Gasteiger partial charge in [-0.25, -0.2) is 21.9 Å². The maximum atomic E-state index is 13.5. The van der Waals surface area contributed by atoms with Gasteiger partial charge in [0.2, 0.25) is 10.0 Å². The minimum Gasteiger partial charge on any atom is -0.207 e. The molecular formula is C13H9Cl2F2NO2S. The van der Waals surface area contributed by atoms with Crippen molar-refractivity contribution in [2.24, 2.45) is 0 Å². The van der Waals surface area contributed by atoms with E-state index < -0.39 is 26.6 Å². The Balaban J connectivity index is 2.24. The van der Waals surface area contributed by atoms with E-state index in [2.05, 4.69) is 4.72 Å². The fourth-order valence-electron chi connectivity index (χ4n) is 1.63. The standard InChI is InChI=1S/C13H9Cl2F2NO2S/c14-10-3-1-2-8(13(10)15)7-18-21(19,20)12-5-4-9(16)6-11(12)17/h1-6,18H,7H2. The predicted octanol–water partition coefficient (Wildman–Crippen LogP) is 3.75. The van der Waals surface area contributed by atoms with E-state index in [1.54, 1.807) is 18.2 Å². The van der Waals surface area contributed by atoms with Gasteiger partial charge < -0.3 is 0 Å². The highest BCUT2D eigenvalue weighted by molar-refractivity contribution is 7.89. The van der Waals surface area contributed by atoms with Crippen molar-refractivity contribution in [1.82, 2.24) is 4.72 Å². The molecule has 8 heteroatoms. The van der Waals surface area contributed by atoms with Gasteiger partial charge in [-0.1, -0.05) is 35.3 Å². The van der Waals surface area contributed by atoms with E-state index in [1.165, 1.54) is 0 Å². The maximum Gasteiger partial charge on any atom is 0.243 e. The van der Waals surface area contributed by atoms with E-state index in [0.717, 1.165) is 12.1 Å². The summed E-state index contributed by atoms with van der Waals surface area (Å²) >= 11 is 11.7. The molecule has 112 valence electrons. The van der Waals surface area contributed by atoms with Crippen LogP contribution in [0.4, 0.5) is 8.78 Å². The summed E-state index contributed by atoms with van der Waals surface area (Å²) in [5.41, 5.74) is 0.440. The number of sulfonamides is 1. The number of hydrogen-bond acceptors (Lipinski definition) is 2. The SMILES string of the molecule is O=S(=O)(NCc1cccc(Cl)c1Cl)c1ccc(F)cc1F. The van der Waals surface area contributed by atoms with Gasteiger partial charge in [0.1, 0.15) is 16.5 Å². The molecule has 0 spiro atoms. The molecule has 0 saturated carbocycles. The molecule has 3 nitrogen and oxygen atoms in total. The first-order valence-corrected chi connectivity index (χ1v) is 7.93. The summed E-state index contributed by atoms with van der Waals surface area (Å²) in [6.45, 7) is -0.168. The van der Waals surface area contributed by atoms with Crippen LogP contribution >= 0.6 is 23.2 Å². The molecular weight excluding hydrogens is 343 g/mol. The smallest absolute Gasteiger partial charge is 0.207 e. The van der Waals surface area contributed by atoms with Gasteiger partial charge in [0, 0.05) is 12.6 Å². The first-order valence-electron chi connectivity index (χ1n) is 5.69. The Hall–Kier alpha value is -1.21. The summed E-state index contributed by atoms with van der Waals surface area (Å²) in [5.74, 6) is -2.02. The number of nitrogens with one attached hydrogen (secondary N) is 1. The molecule has 0 unspecified atom stereocenters. The van der Waals surface area contributed by atoms with Gasteiger partial charge in [0.15, 0.2) is 0 Å². The third-order valence-electron chi connectivity index (χ3n) is 2.67. The van der Waals surface area contributed by atoms with Crippen LogP contribution in [-0.2, 0) is 16.6 Å². The molecule has 0 aliphatic heterocycles. The second-order valence-electron chi connectivity index (χ2n) is 4.11. The minimum absolute atomic E-state index is 0.168. The zero-order valence-electron chi connectivity index (χ0n) is 10.4. The summed E-state index contributed by atoms with van der Waals surface area (Å²) in [4.78, 5) is -0.637. The fourth-order valence-corrected chi connectivity index (χ4v) is 3.08. The van der Waals surface area contributed by atoms with E-state index >= 15 is 0 Å². The zero-order chi connectivity index (χ0) is 15.6. The maximum absolute atomic E-state index is 13.5. The van der Waals surface area contributed by atoms with Gasteiger partial charge in [0.05, 0.1) is 10.0 Å².